The highest BCUT2D eigenvalue weighted by atomic mass is 32.2. The SMILES string of the molecule is CS(=O)(=O)CCC(NC(=O)C1(c2ccc(F)cc2)CC1)C(=O)O. The van der Waals surface area contributed by atoms with Gasteiger partial charge in [-0.2, -0.15) is 0 Å². The minimum atomic E-state index is -3.32. The number of carbonyl (C=O) groups is 2. The van der Waals surface area contributed by atoms with Crippen LogP contribution in [0.5, 0.6) is 0 Å². The van der Waals surface area contributed by atoms with Crippen molar-refractivity contribution in [2.24, 2.45) is 0 Å². The number of hydrogen-bond donors (Lipinski definition) is 2. The Morgan fingerprint density at radius 2 is 1.87 bits per heavy atom. The Labute approximate surface area is 133 Å². The summed E-state index contributed by atoms with van der Waals surface area (Å²) in [5.41, 5.74) is -0.212. The number of nitrogens with one attached hydrogen (secondary N) is 1. The lowest BCUT2D eigenvalue weighted by Crippen LogP contribution is -2.46. The van der Waals surface area contributed by atoms with Crippen molar-refractivity contribution >= 4 is 21.7 Å². The van der Waals surface area contributed by atoms with E-state index in [9.17, 15) is 22.4 Å². The van der Waals surface area contributed by atoms with Crippen LogP contribution >= 0.6 is 0 Å². The average Bonchev–Trinajstić information content (AvgIpc) is 3.24. The van der Waals surface area contributed by atoms with Crippen molar-refractivity contribution in [3.8, 4) is 0 Å². The number of hydrogen-bond acceptors (Lipinski definition) is 4. The smallest absolute Gasteiger partial charge is 0.326 e. The van der Waals surface area contributed by atoms with Crippen molar-refractivity contribution in [2.45, 2.75) is 30.7 Å². The van der Waals surface area contributed by atoms with Gasteiger partial charge in [-0.15, -0.1) is 0 Å². The number of carboxylic acid groups (broad SMARTS) is 1. The van der Waals surface area contributed by atoms with E-state index in [0.29, 0.717) is 18.4 Å². The molecular formula is C15H18FNO5S. The molecule has 1 amide bonds. The van der Waals surface area contributed by atoms with Crippen molar-refractivity contribution in [1.82, 2.24) is 5.32 Å². The third kappa shape index (κ3) is 4.28. The zero-order valence-electron chi connectivity index (χ0n) is 12.6. The highest BCUT2D eigenvalue weighted by Crippen LogP contribution is 2.48. The van der Waals surface area contributed by atoms with Gasteiger partial charge in [0.05, 0.1) is 11.2 Å². The fraction of sp³-hybridized carbons (Fsp3) is 0.467. The van der Waals surface area contributed by atoms with Gasteiger partial charge >= 0.3 is 5.97 Å². The standard InChI is InChI=1S/C15H18FNO5S/c1-23(21,22)9-6-12(13(18)19)17-14(20)15(7-8-15)10-2-4-11(16)5-3-10/h2-5,12H,6-9H2,1H3,(H,17,20)(H,18,19). The minimum absolute atomic E-state index is 0.195. The molecule has 1 aromatic carbocycles. The number of aliphatic carboxylic acids is 1. The molecule has 126 valence electrons. The number of carboxylic acids is 1. The van der Waals surface area contributed by atoms with E-state index in [1.807, 2.05) is 0 Å². The predicted octanol–water partition coefficient (Wildman–Crippen LogP) is 0.861. The van der Waals surface area contributed by atoms with Crippen LogP contribution in [-0.2, 0) is 24.8 Å². The Kier molecular flexibility index (Phi) is 4.74. The van der Waals surface area contributed by atoms with Crippen LogP contribution in [0.1, 0.15) is 24.8 Å². The van der Waals surface area contributed by atoms with Crippen LogP contribution in [0, 0.1) is 5.82 Å². The zero-order valence-corrected chi connectivity index (χ0v) is 13.4. The molecule has 1 aliphatic carbocycles. The molecule has 0 heterocycles. The first-order valence-corrected chi connectivity index (χ1v) is 9.18. The molecule has 1 aromatic rings. The van der Waals surface area contributed by atoms with Gasteiger partial charge in [0.2, 0.25) is 5.91 Å². The number of sulfone groups is 1. The molecule has 2 rings (SSSR count). The molecule has 0 radical (unpaired) electrons. The molecule has 0 saturated heterocycles. The minimum Gasteiger partial charge on any atom is -0.480 e. The average molecular weight is 343 g/mol. The molecule has 1 saturated carbocycles. The molecule has 0 bridgehead atoms. The van der Waals surface area contributed by atoms with E-state index in [1.165, 1.54) is 24.3 Å². The van der Waals surface area contributed by atoms with E-state index in [-0.39, 0.29) is 12.2 Å². The van der Waals surface area contributed by atoms with Gasteiger partial charge in [0, 0.05) is 6.26 Å². The Bertz CT molecular complexity index is 710. The van der Waals surface area contributed by atoms with Crippen LogP contribution in [0.15, 0.2) is 24.3 Å². The second-order valence-electron chi connectivity index (χ2n) is 5.87. The number of benzene rings is 1. The summed E-state index contributed by atoms with van der Waals surface area (Å²) >= 11 is 0. The molecule has 1 atom stereocenters. The number of amides is 1. The quantitative estimate of drug-likeness (QED) is 0.765. The summed E-state index contributed by atoms with van der Waals surface area (Å²) in [7, 11) is -3.32. The summed E-state index contributed by atoms with van der Waals surface area (Å²) in [6.45, 7) is 0. The molecule has 1 aliphatic rings. The maximum absolute atomic E-state index is 13.0. The van der Waals surface area contributed by atoms with Gasteiger partial charge in [-0.1, -0.05) is 12.1 Å². The fourth-order valence-corrected chi connectivity index (χ4v) is 3.09. The van der Waals surface area contributed by atoms with E-state index in [2.05, 4.69) is 5.32 Å². The van der Waals surface area contributed by atoms with Crippen molar-refractivity contribution in [1.29, 1.82) is 0 Å². The van der Waals surface area contributed by atoms with E-state index < -0.39 is 39.0 Å². The normalized spacial score (nSPS) is 17.3. The van der Waals surface area contributed by atoms with E-state index in [4.69, 9.17) is 5.11 Å². The number of halogens is 1. The monoisotopic (exact) mass is 343 g/mol. The summed E-state index contributed by atoms with van der Waals surface area (Å²) in [5, 5.41) is 11.6. The molecule has 0 aromatic heterocycles. The van der Waals surface area contributed by atoms with Crippen LogP contribution in [0.25, 0.3) is 0 Å². The Hall–Kier alpha value is -1.96. The molecule has 6 nitrogen and oxygen atoms in total. The summed E-state index contributed by atoms with van der Waals surface area (Å²) in [6, 6.07) is 4.25. The first-order valence-electron chi connectivity index (χ1n) is 7.12. The third-order valence-corrected chi connectivity index (χ3v) is 4.94. The van der Waals surface area contributed by atoms with Gasteiger partial charge < -0.3 is 10.4 Å². The second kappa shape index (κ2) is 6.27. The van der Waals surface area contributed by atoms with Crippen LogP contribution in [0.3, 0.4) is 0 Å². The summed E-state index contributed by atoms with van der Waals surface area (Å²) < 4.78 is 35.3. The first-order chi connectivity index (χ1) is 10.6. The molecule has 0 aliphatic heterocycles. The lowest BCUT2D eigenvalue weighted by molar-refractivity contribution is -0.142. The highest BCUT2D eigenvalue weighted by molar-refractivity contribution is 7.90. The Morgan fingerprint density at radius 3 is 2.30 bits per heavy atom. The molecule has 2 N–H and O–H groups in total. The topological polar surface area (TPSA) is 101 Å². The third-order valence-electron chi connectivity index (χ3n) is 3.96. The van der Waals surface area contributed by atoms with Crippen molar-refractivity contribution in [3.05, 3.63) is 35.6 Å². The lowest BCUT2D eigenvalue weighted by Gasteiger charge is -2.20. The van der Waals surface area contributed by atoms with Gasteiger partial charge in [0.25, 0.3) is 0 Å². The highest BCUT2D eigenvalue weighted by Gasteiger charge is 2.51. The number of rotatable bonds is 7. The zero-order chi connectivity index (χ0) is 17.3. The van der Waals surface area contributed by atoms with Gasteiger partial charge in [-0.05, 0) is 37.0 Å². The van der Waals surface area contributed by atoms with E-state index >= 15 is 0 Å². The van der Waals surface area contributed by atoms with Crippen molar-refractivity contribution in [3.63, 3.8) is 0 Å². The van der Waals surface area contributed by atoms with Gasteiger partial charge in [-0.3, -0.25) is 4.79 Å². The van der Waals surface area contributed by atoms with Crippen molar-refractivity contribution in [2.75, 3.05) is 12.0 Å². The molecule has 1 fully saturated rings. The Balaban J connectivity index is 2.09. The maximum Gasteiger partial charge on any atom is 0.326 e. The summed E-state index contributed by atoms with van der Waals surface area (Å²) in [4.78, 5) is 23.7. The molecule has 0 spiro atoms. The van der Waals surface area contributed by atoms with Crippen LogP contribution < -0.4 is 5.32 Å². The first kappa shape index (κ1) is 17.4. The summed E-state index contributed by atoms with van der Waals surface area (Å²) in [6.07, 6.45) is 1.90. The maximum atomic E-state index is 13.0. The van der Waals surface area contributed by atoms with Gasteiger partial charge in [0.15, 0.2) is 0 Å². The van der Waals surface area contributed by atoms with Crippen LogP contribution in [-0.4, -0.2) is 43.5 Å². The fourth-order valence-electron chi connectivity index (χ4n) is 2.43. The van der Waals surface area contributed by atoms with Gasteiger partial charge in [0.1, 0.15) is 21.7 Å². The lowest BCUT2D eigenvalue weighted by atomic mass is 9.94. The van der Waals surface area contributed by atoms with E-state index in [0.717, 1.165) is 6.26 Å². The Morgan fingerprint density at radius 1 is 1.30 bits per heavy atom. The predicted molar refractivity (Wildman–Crippen MR) is 81.2 cm³/mol. The largest absolute Gasteiger partial charge is 0.480 e. The second-order valence-corrected chi connectivity index (χ2v) is 8.13. The van der Waals surface area contributed by atoms with Crippen LogP contribution in [0.4, 0.5) is 4.39 Å². The molecule has 8 heteroatoms. The molecule has 23 heavy (non-hydrogen) atoms. The number of carbonyl (C=O) groups excluding carboxylic acids is 1. The molecular weight excluding hydrogens is 325 g/mol. The van der Waals surface area contributed by atoms with Crippen molar-refractivity contribution < 1.29 is 27.5 Å². The summed E-state index contributed by atoms with van der Waals surface area (Å²) in [5.74, 6) is -2.49. The van der Waals surface area contributed by atoms with Gasteiger partial charge in [-0.25, -0.2) is 17.6 Å². The molecule has 1 unspecified atom stereocenters. The van der Waals surface area contributed by atoms with Crippen LogP contribution in [0.2, 0.25) is 0 Å². The van der Waals surface area contributed by atoms with E-state index in [1.54, 1.807) is 0 Å².